The van der Waals surface area contributed by atoms with Crippen molar-refractivity contribution in [1.29, 1.82) is 0 Å². The van der Waals surface area contributed by atoms with Crippen LogP contribution < -0.4 is 0 Å². The van der Waals surface area contributed by atoms with Gasteiger partial charge in [-0.15, -0.1) is 0 Å². The summed E-state index contributed by atoms with van der Waals surface area (Å²) in [5.74, 6) is 4.38. The highest BCUT2D eigenvalue weighted by Gasteiger charge is 2.37. The van der Waals surface area contributed by atoms with Gasteiger partial charge in [0.05, 0.1) is 19.3 Å². The highest BCUT2D eigenvalue weighted by Crippen LogP contribution is 2.36. The number of ether oxygens (including phenoxy) is 1. The zero-order valence-electron chi connectivity index (χ0n) is 12.9. The van der Waals surface area contributed by atoms with Gasteiger partial charge in [-0.3, -0.25) is 0 Å². The minimum atomic E-state index is -1.84. The molecule has 0 aliphatic heterocycles. The Labute approximate surface area is 117 Å². The molecule has 0 aromatic rings. The average Bonchev–Trinajstić information content (AvgIpc) is 2.25. The van der Waals surface area contributed by atoms with Gasteiger partial charge >= 0.3 is 5.97 Å². The molecule has 0 saturated heterocycles. The molecule has 4 nitrogen and oxygen atoms in total. The largest absolute Gasteiger partial charge is 0.456 e. The van der Waals surface area contributed by atoms with Gasteiger partial charge < -0.3 is 14.3 Å². The van der Waals surface area contributed by atoms with E-state index in [-0.39, 0.29) is 18.1 Å². The van der Waals surface area contributed by atoms with Crippen LogP contribution in [0.3, 0.4) is 0 Å². The molecule has 5 heteroatoms. The fourth-order valence-electron chi connectivity index (χ4n) is 0.988. The van der Waals surface area contributed by atoms with Crippen molar-refractivity contribution in [3.8, 4) is 11.8 Å². The molecule has 0 aromatic carbocycles. The summed E-state index contributed by atoms with van der Waals surface area (Å²) in [5, 5.41) is 9.88. The molecule has 0 fully saturated rings. The molecule has 0 spiro atoms. The molecule has 0 saturated carbocycles. The highest BCUT2D eigenvalue weighted by atomic mass is 28.4. The van der Waals surface area contributed by atoms with Crippen LogP contribution in [0.4, 0.5) is 0 Å². The molecule has 1 unspecified atom stereocenters. The number of hydrogen-bond acceptors (Lipinski definition) is 4. The molecule has 1 N–H and O–H groups in total. The lowest BCUT2D eigenvalue weighted by atomic mass is 10.2. The molecule has 0 aromatic heterocycles. The van der Waals surface area contributed by atoms with Crippen LogP contribution in [0, 0.1) is 11.8 Å². The van der Waals surface area contributed by atoms with Gasteiger partial charge in [-0.1, -0.05) is 26.7 Å². The van der Waals surface area contributed by atoms with Crippen LogP contribution >= 0.6 is 0 Å². The summed E-state index contributed by atoms with van der Waals surface area (Å²) >= 11 is 0. The lowest BCUT2D eigenvalue weighted by molar-refractivity contribution is -0.136. The van der Waals surface area contributed by atoms with Gasteiger partial charge in [-0.2, -0.15) is 0 Å². The van der Waals surface area contributed by atoms with Crippen molar-refractivity contribution < 1.29 is 19.1 Å². The second kappa shape index (κ2) is 7.68. The maximum Gasteiger partial charge on any atom is 0.384 e. The smallest absolute Gasteiger partial charge is 0.384 e. The first-order valence-corrected chi connectivity index (χ1v) is 9.48. The van der Waals surface area contributed by atoms with E-state index in [1.54, 1.807) is 6.92 Å². The molecular formula is C14H26O4Si. The average molecular weight is 286 g/mol. The van der Waals surface area contributed by atoms with E-state index in [9.17, 15) is 9.90 Å². The molecule has 0 radical (unpaired) electrons. The summed E-state index contributed by atoms with van der Waals surface area (Å²) in [7, 11) is -1.84. The third kappa shape index (κ3) is 7.36. The summed E-state index contributed by atoms with van der Waals surface area (Å²) in [6.07, 6.45) is -0.455. The van der Waals surface area contributed by atoms with Crippen LogP contribution in [0.15, 0.2) is 0 Å². The van der Waals surface area contributed by atoms with E-state index in [2.05, 4.69) is 50.4 Å². The number of carbonyl (C=O) groups excluding carboxylic acids is 1. The van der Waals surface area contributed by atoms with Crippen molar-refractivity contribution in [2.24, 2.45) is 0 Å². The normalized spacial score (nSPS) is 13.4. The van der Waals surface area contributed by atoms with E-state index < -0.39 is 20.4 Å². The third-order valence-electron chi connectivity index (χ3n) is 3.25. The third-order valence-corrected chi connectivity index (χ3v) is 7.75. The zero-order valence-corrected chi connectivity index (χ0v) is 13.9. The lowest BCUT2D eigenvalue weighted by Gasteiger charge is -2.36. The molecule has 0 aliphatic rings. The topological polar surface area (TPSA) is 55.8 Å². The summed E-state index contributed by atoms with van der Waals surface area (Å²) in [6, 6.07) is 0. The quantitative estimate of drug-likeness (QED) is 0.365. The molecule has 0 amide bonds. The minimum absolute atomic E-state index is 0.114. The Morgan fingerprint density at radius 2 is 1.95 bits per heavy atom. The van der Waals surface area contributed by atoms with Crippen molar-refractivity contribution in [2.75, 3.05) is 13.2 Å². The van der Waals surface area contributed by atoms with E-state index in [1.165, 1.54) is 0 Å². The second-order valence-electron chi connectivity index (χ2n) is 5.95. The summed E-state index contributed by atoms with van der Waals surface area (Å²) in [5.41, 5.74) is 0. The van der Waals surface area contributed by atoms with Gasteiger partial charge in [0.1, 0.15) is 0 Å². The summed E-state index contributed by atoms with van der Waals surface area (Å²) in [4.78, 5) is 11.0. The van der Waals surface area contributed by atoms with E-state index in [0.29, 0.717) is 6.61 Å². The van der Waals surface area contributed by atoms with Crippen molar-refractivity contribution in [2.45, 2.75) is 58.4 Å². The van der Waals surface area contributed by atoms with E-state index in [0.717, 1.165) is 0 Å². The van der Waals surface area contributed by atoms with Crippen molar-refractivity contribution in [1.82, 2.24) is 0 Å². The van der Waals surface area contributed by atoms with Gasteiger partial charge in [0.2, 0.25) is 0 Å². The fourth-order valence-corrected chi connectivity index (χ4v) is 2.03. The number of aliphatic hydroxyl groups is 1. The molecule has 110 valence electrons. The minimum Gasteiger partial charge on any atom is -0.456 e. The van der Waals surface area contributed by atoms with E-state index >= 15 is 0 Å². The number of rotatable bonds is 5. The van der Waals surface area contributed by atoms with Gasteiger partial charge in [-0.25, -0.2) is 4.79 Å². The SMILES string of the molecule is CCOC(=O)C#CCC(O)CO[Si](C)(C)C(C)(C)C. The van der Waals surface area contributed by atoms with Crippen LogP contribution in [-0.4, -0.2) is 38.7 Å². The predicted octanol–water partition coefficient (Wildman–Crippen LogP) is 2.33. The maximum atomic E-state index is 11.0. The number of esters is 1. The molecule has 0 aliphatic carbocycles. The molecule has 0 rings (SSSR count). The van der Waals surface area contributed by atoms with Crippen molar-refractivity contribution >= 4 is 14.3 Å². The molecule has 19 heavy (non-hydrogen) atoms. The van der Waals surface area contributed by atoms with E-state index in [4.69, 9.17) is 4.43 Å². The van der Waals surface area contributed by atoms with Gasteiger partial charge in [0.15, 0.2) is 8.32 Å². The first kappa shape index (κ1) is 18.2. The molecule has 1 atom stereocenters. The van der Waals surface area contributed by atoms with Gasteiger partial charge in [0, 0.05) is 12.3 Å². The zero-order chi connectivity index (χ0) is 15.1. The van der Waals surface area contributed by atoms with Crippen LogP contribution in [0.2, 0.25) is 18.1 Å². The number of carbonyl (C=O) groups is 1. The Balaban J connectivity index is 4.14. The monoisotopic (exact) mass is 286 g/mol. The first-order valence-electron chi connectivity index (χ1n) is 6.58. The Morgan fingerprint density at radius 3 is 2.42 bits per heavy atom. The summed E-state index contributed by atoms with van der Waals surface area (Å²) < 4.78 is 10.5. The Kier molecular flexibility index (Phi) is 7.35. The van der Waals surface area contributed by atoms with Crippen LogP contribution in [0.25, 0.3) is 0 Å². The molecule has 0 heterocycles. The fraction of sp³-hybridized carbons (Fsp3) is 0.786. The van der Waals surface area contributed by atoms with Crippen molar-refractivity contribution in [3.63, 3.8) is 0 Å². The van der Waals surface area contributed by atoms with Gasteiger partial charge in [0.25, 0.3) is 0 Å². The Morgan fingerprint density at radius 1 is 1.37 bits per heavy atom. The number of aliphatic hydroxyl groups excluding tert-OH is 1. The van der Waals surface area contributed by atoms with Crippen molar-refractivity contribution in [3.05, 3.63) is 0 Å². The Hall–Kier alpha value is -0.833. The maximum absolute atomic E-state index is 11.0. The Bertz CT molecular complexity index is 347. The van der Waals surface area contributed by atoms with Crippen LogP contribution in [0.1, 0.15) is 34.1 Å². The van der Waals surface area contributed by atoms with E-state index in [1.807, 2.05) is 0 Å². The lowest BCUT2D eigenvalue weighted by Crippen LogP contribution is -2.42. The van der Waals surface area contributed by atoms with Gasteiger partial charge in [-0.05, 0) is 25.1 Å². The first-order chi connectivity index (χ1) is 8.60. The second-order valence-corrected chi connectivity index (χ2v) is 10.8. The molecule has 0 bridgehead atoms. The molecular weight excluding hydrogens is 260 g/mol. The predicted molar refractivity (Wildman–Crippen MR) is 78.2 cm³/mol. The van der Waals surface area contributed by atoms with Crippen LogP contribution in [-0.2, 0) is 14.0 Å². The number of hydrogen-bond donors (Lipinski definition) is 1. The summed E-state index contributed by atoms with van der Waals surface area (Å²) in [6.45, 7) is 13.0. The highest BCUT2D eigenvalue weighted by molar-refractivity contribution is 6.74. The van der Waals surface area contributed by atoms with Crippen LogP contribution in [0.5, 0.6) is 0 Å². The standard InChI is InChI=1S/C14H26O4Si/c1-7-17-13(16)10-8-9-12(15)11-18-19(5,6)14(2,3)4/h12,15H,7,9,11H2,1-6H3.